The monoisotopic (exact) mass is 226 g/mol. The van der Waals surface area contributed by atoms with Gasteiger partial charge >= 0.3 is 0 Å². The molecule has 0 spiro atoms. The third-order valence-electron chi connectivity index (χ3n) is 2.83. The lowest BCUT2D eigenvalue weighted by Crippen LogP contribution is -2.18. The van der Waals surface area contributed by atoms with Gasteiger partial charge in [0.25, 0.3) is 5.92 Å². The second-order valence-electron chi connectivity index (χ2n) is 5.62. The van der Waals surface area contributed by atoms with Gasteiger partial charge in [-0.3, -0.25) is 0 Å². The van der Waals surface area contributed by atoms with Crippen LogP contribution in [-0.4, -0.2) is 0 Å². The van der Waals surface area contributed by atoms with Gasteiger partial charge in [-0.05, 0) is 36.5 Å². The summed E-state index contributed by atoms with van der Waals surface area (Å²) >= 11 is 0. The standard InChI is InChI=1S/C14H20F2/c1-9-7-11(13(3,4)5)10(2)12(8-9)14(6,15)16/h7-8H,1-6H3. The van der Waals surface area contributed by atoms with Crippen molar-refractivity contribution in [2.45, 2.75) is 52.9 Å². The molecule has 0 atom stereocenters. The smallest absolute Gasteiger partial charge is 0.202 e. The molecule has 1 aromatic carbocycles. The van der Waals surface area contributed by atoms with E-state index in [1.165, 1.54) is 0 Å². The molecule has 16 heavy (non-hydrogen) atoms. The molecule has 1 rings (SSSR count). The summed E-state index contributed by atoms with van der Waals surface area (Å²) in [5.41, 5.74) is 2.66. The predicted molar refractivity (Wildman–Crippen MR) is 64.2 cm³/mol. The third-order valence-corrected chi connectivity index (χ3v) is 2.83. The Kier molecular flexibility index (Phi) is 3.15. The van der Waals surface area contributed by atoms with Crippen molar-refractivity contribution in [3.8, 4) is 0 Å². The summed E-state index contributed by atoms with van der Waals surface area (Å²) in [7, 11) is 0. The first kappa shape index (κ1) is 13.1. The van der Waals surface area contributed by atoms with Crippen LogP contribution in [0.5, 0.6) is 0 Å². The molecule has 0 unspecified atom stereocenters. The number of rotatable bonds is 1. The van der Waals surface area contributed by atoms with E-state index in [4.69, 9.17) is 0 Å². The molecule has 0 aliphatic carbocycles. The summed E-state index contributed by atoms with van der Waals surface area (Å²) < 4.78 is 26.9. The zero-order chi connectivity index (χ0) is 12.7. The fourth-order valence-electron chi connectivity index (χ4n) is 2.09. The van der Waals surface area contributed by atoms with Gasteiger partial charge in [0.05, 0.1) is 0 Å². The molecule has 0 N–H and O–H groups in total. The highest BCUT2D eigenvalue weighted by Gasteiger charge is 2.29. The van der Waals surface area contributed by atoms with E-state index in [0.29, 0.717) is 5.56 Å². The summed E-state index contributed by atoms with van der Waals surface area (Å²) in [5, 5.41) is 0. The van der Waals surface area contributed by atoms with Crippen molar-refractivity contribution in [3.05, 3.63) is 34.4 Å². The number of benzene rings is 1. The van der Waals surface area contributed by atoms with Gasteiger partial charge in [-0.15, -0.1) is 0 Å². The van der Waals surface area contributed by atoms with Gasteiger partial charge in [-0.25, -0.2) is 8.78 Å². The van der Waals surface area contributed by atoms with Gasteiger partial charge in [-0.2, -0.15) is 0 Å². The van der Waals surface area contributed by atoms with E-state index < -0.39 is 5.92 Å². The third kappa shape index (κ3) is 2.60. The van der Waals surface area contributed by atoms with Crippen LogP contribution < -0.4 is 0 Å². The van der Waals surface area contributed by atoms with Gasteiger partial charge in [0.15, 0.2) is 0 Å². The van der Waals surface area contributed by atoms with Crippen LogP contribution in [0.15, 0.2) is 12.1 Å². The zero-order valence-corrected chi connectivity index (χ0v) is 10.9. The minimum Gasteiger partial charge on any atom is -0.202 e. The minimum absolute atomic E-state index is 0.101. The quantitative estimate of drug-likeness (QED) is 0.650. The number of hydrogen-bond donors (Lipinski definition) is 0. The molecule has 0 aromatic heterocycles. The molecule has 0 aliphatic rings. The van der Waals surface area contributed by atoms with Crippen LogP contribution in [0.3, 0.4) is 0 Å². The summed E-state index contributed by atoms with van der Waals surface area (Å²) in [6.07, 6.45) is 0. The molecule has 0 bridgehead atoms. The van der Waals surface area contributed by atoms with Crippen molar-refractivity contribution in [2.24, 2.45) is 0 Å². The Labute approximate surface area is 96.7 Å². The molecule has 0 aliphatic heterocycles. The van der Waals surface area contributed by atoms with Crippen LogP contribution in [0.4, 0.5) is 8.78 Å². The summed E-state index contributed by atoms with van der Waals surface area (Å²) in [5.74, 6) is -2.77. The number of aryl methyl sites for hydroxylation is 1. The number of alkyl halides is 2. The molecule has 0 radical (unpaired) electrons. The first-order chi connectivity index (χ1) is 7.03. The van der Waals surface area contributed by atoms with Crippen molar-refractivity contribution in [1.29, 1.82) is 0 Å². The van der Waals surface area contributed by atoms with E-state index in [0.717, 1.165) is 18.1 Å². The van der Waals surface area contributed by atoms with Crippen molar-refractivity contribution >= 4 is 0 Å². The van der Waals surface area contributed by atoms with E-state index in [9.17, 15) is 8.78 Å². The molecule has 90 valence electrons. The first-order valence-electron chi connectivity index (χ1n) is 5.53. The van der Waals surface area contributed by atoms with E-state index >= 15 is 0 Å². The van der Waals surface area contributed by atoms with Crippen LogP contribution in [0.1, 0.15) is 49.9 Å². The van der Waals surface area contributed by atoms with E-state index in [1.807, 2.05) is 33.8 Å². The summed E-state index contributed by atoms with van der Waals surface area (Å²) in [6.45, 7) is 10.8. The van der Waals surface area contributed by atoms with Gasteiger partial charge in [0.2, 0.25) is 0 Å². The topological polar surface area (TPSA) is 0 Å². The van der Waals surface area contributed by atoms with Gasteiger partial charge in [0, 0.05) is 12.5 Å². The molecular weight excluding hydrogens is 206 g/mol. The average molecular weight is 226 g/mol. The molecular formula is C14H20F2. The Bertz CT molecular complexity index is 357. The Morgan fingerprint density at radius 1 is 0.875 bits per heavy atom. The summed E-state index contributed by atoms with van der Waals surface area (Å²) in [6, 6.07) is 3.59. The van der Waals surface area contributed by atoms with E-state index in [2.05, 4.69) is 0 Å². The van der Waals surface area contributed by atoms with Crippen LogP contribution in [0.25, 0.3) is 0 Å². The van der Waals surface area contributed by atoms with Crippen molar-refractivity contribution < 1.29 is 8.78 Å². The number of halogens is 2. The minimum atomic E-state index is -2.77. The van der Waals surface area contributed by atoms with Crippen molar-refractivity contribution in [3.63, 3.8) is 0 Å². The average Bonchev–Trinajstić information content (AvgIpc) is 2.04. The SMILES string of the molecule is Cc1cc(C(C)(C)C)c(C)c(C(C)(F)F)c1. The highest BCUT2D eigenvalue weighted by atomic mass is 19.3. The Morgan fingerprint density at radius 3 is 1.69 bits per heavy atom. The van der Waals surface area contributed by atoms with Gasteiger partial charge in [0.1, 0.15) is 0 Å². The molecule has 0 saturated heterocycles. The maximum atomic E-state index is 13.5. The Balaban J connectivity index is 3.51. The number of hydrogen-bond acceptors (Lipinski definition) is 0. The van der Waals surface area contributed by atoms with Crippen molar-refractivity contribution in [1.82, 2.24) is 0 Å². The highest BCUT2D eigenvalue weighted by Crippen LogP contribution is 2.36. The fraction of sp³-hybridized carbons (Fsp3) is 0.571. The van der Waals surface area contributed by atoms with E-state index in [-0.39, 0.29) is 11.0 Å². The van der Waals surface area contributed by atoms with Crippen LogP contribution in [-0.2, 0) is 11.3 Å². The first-order valence-corrected chi connectivity index (χ1v) is 5.53. The van der Waals surface area contributed by atoms with Crippen LogP contribution >= 0.6 is 0 Å². The molecule has 0 fully saturated rings. The largest absolute Gasteiger partial charge is 0.270 e. The molecule has 1 aromatic rings. The molecule has 2 heteroatoms. The van der Waals surface area contributed by atoms with Gasteiger partial charge < -0.3 is 0 Å². The predicted octanol–water partition coefficient (Wildman–Crippen LogP) is 4.71. The molecule has 0 amide bonds. The second kappa shape index (κ2) is 3.83. The lowest BCUT2D eigenvalue weighted by Gasteiger charge is -2.26. The maximum absolute atomic E-state index is 13.5. The van der Waals surface area contributed by atoms with Crippen LogP contribution in [0.2, 0.25) is 0 Å². The highest BCUT2D eigenvalue weighted by molar-refractivity contribution is 5.43. The lowest BCUT2D eigenvalue weighted by atomic mass is 9.81. The molecule has 0 nitrogen and oxygen atoms in total. The maximum Gasteiger partial charge on any atom is 0.270 e. The second-order valence-corrected chi connectivity index (χ2v) is 5.62. The zero-order valence-electron chi connectivity index (χ0n) is 10.9. The Hall–Kier alpha value is -0.920. The van der Waals surface area contributed by atoms with E-state index in [1.54, 1.807) is 13.0 Å². The summed E-state index contributed by atoms with van der Waals surface area (Å²) in [4.78, 5) is 0. The van der Waals surface area contributed by atoms with Gasteiger partial charge in [-0.1, -0.05) is 32.4 Å². The molecule has 0 saturated carbocycles. The normalized spacial score (nSPS) is 13.0. The van der Waals surface area contributed by atoms with Crippen molar-refractivity contribution in [2.75, 3.05) is 0 Å². The molecule has 0 heterocycles. The van der Waals surface area contributed by atoms with Crippen LogP contribution in [0, 0.1) is 13.8 Å². The fourth-order valence-corrected chi connectivity index (χ4v) is 2.09. The Morgan fingerprint density at radius 2 is 1.31 bits per heavy atom. The lowest BCUT2D eigenvalue weighted by molar-refractivity contribution is 0.0166.